The molecule has 3 atom stereocenters. The molecule has 18 heavy (non-hydrogen) atoms. The minimum absolute atomic E-state index is 0.443. The van der Waals surface area contributed by atoms with Crippen LogP contribution in [0.5, 0.6) is 0 Å². The molecule has 2 aliphatic rings. The molecule has 100 valence electrons. The second-order valence-corrected chi connectivity index (χ2v) is 5.85. The molecule has 0 amide bonds. The molecule has 3 rings (SSSR count). The highest BCUT2D eigenvalue weighted by molar-refractivity contribution is 5.05. The van der Waals surface area contributed by atoms with Crippen molar-refractivity contribution in [1.29, 1.82) is 0 Å². The Labute approximate surface area is 109 Å². The van der Waals surface area contributed by atoms with E-state index in [4.69, 9.17) is 0 Å². The molecule has 1 N–H and O–H groups in total. The minimum Gasteiger partial charge on any atom is -0.389 e. The fourth-order valence-electron chi connectivity index (χ4n) is 3.49. The lowest BCUT2D eigenvalue weighted by atomic mass is 9.79. The van der Waals surface area contributed by atoms with Gasteiger partial charge in [0.05, 0.1) is 5.60 Å². The van der Waals surface area contributed by atoms with Crippen LogP contribution >= 0.6 is 0 Å². The van der Waals surface area contributed by atoms with E-state index in [0.717, 1.165) is 57.7 Å². The number of hydrogen-bond donors (Lipinski definition) is 1. The molecule has 4 heteroatoms. The van der Waals surface area contributed by atoms with Gasteiger partial charge in [0.15, 0.2) is 0 Å². The lowest BCUT2D eigenvalue weighted by Gasteiger charge is -2.38. The van der Waals surface area contributed by atoms with Crippen LogP contribution in [-0.2, 0) is 13.0 Å². The van der Waals surface area contributed by atoms with Gasteiger partial charge in [-0.15, -0.1) is 0 Å². The predicted molar refractivity (Wildman–Crippen MR) is 70.3 cm³/mol. The summed E-state index contributed by atoms with van der Waals surface area (Å²) in [5.74, 6) is 1.50. The molecule has 0 aliphatic carbocycles. The number of imidazole rings is 1. The van der Waals surface area contributed by atoms with Crippen LogP contribution in [0.1, 0.15) is 32.0 Å². The Morgan fingerprint density at radius 2 is 2.39 bits per heavy atom. The third-order valence-electron chi connectivity index (χ3n) is 4.62. The van der Waals surface area contributed by atoms with Crippen LogP contribution < -0.4 is 0 Å². The van der Waals surface area contributed by atoms with Crippen molar-refractivity contribution < 1.29 is 5.11 Å². The fraction of sp³-hybridized carbons (Fsp3) is 0.786. The van der Waals surface area contributed by atoms with E-state index in [1.54, 1.807) is 0 Å². The van der Waals surface area contributed by atoms with Gasteiger partial charge in [0.2, 0.25) is 0 Å². The monoisotopic (exact) mass is 249 g/mol. The van der Waals surface area contributed by atoms with Crippen molar-refractivity contribution in [1.82, 2.24) is 14.5 Å². The number of rotatable bonds is 4. The topological polar surface area (TPSA) is 41.3 Å². The van der Waals surface area contributed by atoms with Crippen LogP contribution in [0.2, 0.25) is 0 Å². The summed E-state index contributed by atoms with van der Waals surface area (Å²) in [7, 11) is 0. The van der Waals surface area contributed by atoms with Gasteiger partial charge < -0.3 is 14.6 Å². The summed E-state index contributed by atoms with van der Waals surface area (Å²) in [5, 5.41) is 10.9. The summed E-state index contributed by atoms with van der Waals surface area (Å²) in [6.07, 6.45) is 7.77. The highest BCUT2D eigenvalue weighted by atomic mass is 16.3. The number of aliphatic hydroxyl groups is 1. The summed E-state index contributed by atoms with van der Waals surface area (Å²) in [5.41, 5.74) is -0.524. The van der Waals surface area contributed by atoms with Crippen molar-refractivity contribution in [3.8, 4) is 0 Å². The van der Waals surface area contributed by atoms with Gasteiger partial charge in [0.25, 0.3) is 0 Å². The molecular formula is C14H23N3O. The second kappa shape index (κ2) is 4.67. The van der Waals surface area contributed by atoms with Crippen molar-refractivity contribution in [2.45, 2.75) is 44.8 Å². The minimum atomic E-state index is -0.524. The van der Waals surface area contributed by atoms with Gasteiger partial charge in [-0.2, -0.15) is 0 Å². The quantitative estimate of drug-likeness (QED) is 0.874. The van der Waals surface area contributed by atoms with Crippen LogP contribution in [-0.4, -0.2) is 44.8 Å². The molecule has 0 aromatic carbocycles. The number of fused-ring (bicyclic) bond motifs is 2. The largest absolute Gasteiger partial charge is 0.389 e. The third kappa shape index (κ3) is 2.08. The Bertz CT molecular complexity index is 417. The van der Waals surface area contributed by atoms with Gasteiger partial charge in [0.1, 0.15) is 5.82 Å². The predicted octanol–water partition coefficient (Wildman–Crippen LogP) is 1.29. The maximum Gasteiger partial charge on any atom is 0.111 e. The van der Waals surface area contributed by atoms with Crippen LogP contribution in [0.3, 0.4) is 0 Å². The zero-order valence-electron chi connectivity index (χ0n) is 11.2. The molecule has 3 heterocycles. The number of aromatic nitrogens is 2. The van der Waals surface area contributed by atoms with Crippen molar-refractivity contribution in [3.05, 3.63) is 18.2 Å². The van der Waals surface area contributed by atoms with E-state index in [0.29, 0.717) is 5.92 Å². The molecule has 2 bridgehead atoms. The van der Waals surface area contributed by atoms with E-state index < -0.39 is 5.60 Å². The Morgan fingerprint density at radius 3 is 3.22 bits per heavy atom. The molecule has 4 nitrogen and oxygen atoms in total. The van der Waals surface area contributed by atoms with Crippen molar-refractivity contribution in [2.24, 2.45) is 5.92 Å². The summed E-state index contributed by atoms with van der Waals surface area (Å²) < 4.78 is 2.19. The lowest BCUT2D eigenvalue weighted by Crippen LogP contribution is -2.48. The smallest absolute Gasteiger partial charge is 0.111 e. The van der Waals surface area contributed by atoms with Gasteiger partial charge in [-0.25, -0.2) is 4.98 Å². The van der Waals surface area contributed by atoms with Crippen LogP contribution in [0.25, 0.3) is 0 Å². The first-order valence-corrected chi connectivity index (χ1v) is 7.16. The lowest BCUT2D eigenvalue weighted by molar-refractivity contribution is -0.0458. The molecule has 1 aromatic heterocycles. The molecule has 0 radical (unpaired) electrons. The summed E-state index contributed by atoms with van der Waals surface area (Å²) in [4.78, 5) is 6.92. The van der Waals surface area contributed by atoms with E-state index >= 15 is 0 Å². The van der Waals surface area contributed by atoms with Crippen LogP contribution in [0, 0.1) is 5.92 Å². The van der Waals surface area contributed by atoms with Crippen molar-refractivity contribution in [3.63, 3.8) is 0 Å². The first-order chi connectivity index (χ1) is 8.71. The van der Waals surface area contributed by atoms with E-state index in [1.807, 2.05) is 12.4 Å². The van der Waals surface area contributed by atoms with Gasteiger partial charge in [-0.1, -0.05) is 6.92 Å². The van der Waals surface area contributed by atoms with E-state index in [9.17, 15) is 5.11 Å². The molecule has 1 aromatic rings. The summed E-state index contributed by atoms with van der Waals surface area (Å²) in [6, 6.07) is 0. The van der Waals surface area contributed by atoms with Gasteiger partial charge in [0, 0.05) is 44.4 Å². The molecular weight excluding hydrogens is 226 g/mol. The normalized spacial score (nSPS) is 35.0. The molecule has 0 spiro atoms. The molecule has 2 saturated heterocycles. The zero-order valence-corrected chi connectivity index (χ0v) is 11.2. The van der Waals surface area contributed by atoms with Gasteiger partial charge in [-0.05, 0) is 25.8 Å². The number of hydrogen-bond acceptors (Lipinski definition) is 3. The fourth-order valence-corrected chi connectivity index (χ4v) is 3.49. The molecule has 2 aliphatic heterocycles. The molecule has 3 unspecified atom stereocenters. The van der Waals surface area contributed by atoms with Gasteiger partial charge in [-0.3, -0.25) is 0 Å². The van der Waals surface area contributed by atoms with E-state index in [2.05, 4.69) is 21.4 Å². The van der Waals surface area contributed by atoms with Crippen molar-refractivity contribution in [2.75, 3.05) is 19.6 Å². The number of aryl methyl sites for hydroxylation is 1. The van der Waals surface area contributed by atoms with Crippen LogP contribution in [0.15, 0.2) is 12.4 Å². The Morgan fingerprint density at radius 1 is 1.50 bits per heavy atom. The SMILES string of the molecule is CCCn1ccnc1CC1(O)CCN2CCC1C2. The Hall–Kier alpha value is -0.870. The Balaban J connectivity index is 1.76. The first-order valence-electron chi connectivity index (χ1n) is 7.16. The number of nitrogens with zero attached hydrogens (tertiary/aromatic N) is 3. The average Bonchev–Trinajstić information content (AvgIpc) is 2.95. The standard InChI is InChI=1S/C14H23N3O/c1-2-6-17-9-5-15-13(17)10-14(18)4-8-16-7-3-12(14)11-16/h5,9,12,18H,2-4,6-8,10-11H2,1H3. The Kier molecular flexibility index (Phi) is 3.16. The molecule has 0 saturated carbocycles. The van der Waals surface area contributed by atoms with Gasteiger partial charge >= 0.3 is 0 Å². The summed E-state index contributed by atoms with van der Waals surface area (Å²) >= 11 is 0. The second-order valence-electron chi connectivity index (χ2n) is 5.85. The zero-order chi connectivity index (χ0) is 12.6. The average molecular weight is 249 g/mol. The highest BCUT2D eigenvalue weighted by Crippen LogP contribution is 2.37. The number of piperidine rings is 1. The van der Waals surface area contributed by atoms with E-state index in [1.165, 1.54) is 0 Å². The molecule has 2 fully saturated rings. The van der Waals surface area contributed by atoms with E-state index in [-0.39, 0.29) is 0 Å². The maximum absolute atomic E-state index is 10.9. The highest BCUT2D eigenvalue weighted by Gasteiger charge is 2.45. The maximum atomic E-state index is 10.9. The summed E-state index contributed by atoms with van der Waals surface area (Å²) in [6.45, 7) is 6.46. The third-order valence-corrected chi connectivity index (χ3v) is 4.62. The van der Waals surface area contributed by atoms with Crippen molar-refractivity contribution >= 4 is 0 Å². The first kappa shape index (κ1) is 12.2. The van der Waals surface area contributed by atoms with Crippen LogP contribution in [0.4, 0.5) is 0 Å².